The van der Waals surface area contributed by atoms with Crippen LogP contribution in [-0.2, 0) is 11.4 Å². The third kappa shape index (κ3) is 5.08. The molecule has 0 aromatic heterocycles. The summed E-state index contributed by atoms with van der Waals surface area (Å²) in [6, 6.07) is 5.81. The lowest BCUT2D eigenvalue weighted by atomic mass is 10.1. The van der Waals surface area contributed by atoms with Crippen LogP contribution in [0.15, 0.2) is 18.2 Å². The Hall–Kier alpha value is -1.24. The first-order valence-electron chi connectivity index (χ1n) is 5.46. The Morgan fingerprint density at radius 3 is 2.88 bits per heavy atom. The van der Waals surface area contributed by atoms with Crippen LogP contribution >= 0.6 is 11.8 Å². The van der Waals surface area contributed by atoms with Crippen molar-refractivity contribution in [3.8, 4) is 11.8 Å². The van der Waals surface area contributed by atoms with Gasteiger partial charge in [-0.05, 0) is 30.2 Å². The van der Waals surface area contributed by atoms with E-state index < -0.39 is 0 Å². The zero-order chi connectivity index (χ0) is 12.7. The van der Waals surface area contributed by atoms with Crippen molar-refractivity contribution < 1.29 is 9.90 Å². The minimum Gasteiger partial charge on any atom is -0.392 e. The van der Waals surface area contributed by atoms with E-state index in [1.165, 1.54) is 11.8 Å². The molecule has 0 saturated carbocycles. The van der Waals surface area contributed by atoms with Crippen LogP contribution in [0.2, 0.25) is 0 Å². The number of carbonyl (C=O) groups excluding carboxylic acids is 1. The van der Waals surface area contributed by atoms with Gasteiger partial charge in [0.1, 0.15) is 0 Å². The van der Waals surface area contributed by atoms with E-state index in [4.69, 9.17) is 5.11 Å². The fourth-order valence-electron chi connectivity index (χ4n) is 1.33. The van der Waals surface area contributed by atoms with Gasteiger partial charge >= 0.3 is 0 Å². The molecule has 0 aliphatic heterocycles. The summed E-state index contributed by atoms with van der Waals surface area (Å²) in [4.78, 5) is 10.7. The van der Waals surface area contributed by atoms with Crippen LogP contribution in [0.3, 0.4) is 0 Å². The Bertz CT molecular complexity index is 455. The Labute approximate surface area is 106 Å². The second-order valence-electron chi connectivity index (χ2n) is 3.69. The SMILES string of the molecule is CC(=O)SCCC#Cc1ccc(C)c(CO)c1. The van der Waals surface area contributed by atoms with Crippen LogP contribution in [0.25, 0.3) is 0 Å². The van der Waals surface area contributed by atoms with E-state index in [0.29, 0.717) is 6.42 Å². The van der Waals surface area contributed by atoms with Crippen molar-refractivity contribution in [2.24, 2.45) is 0 Å². The highest BCUT2D eigenvalue weighted by Gasteiger charge is 1.97. The molecule has 1 aromatic rings. The summed E-state index contributed by atoms with van der Waals surface area (Å²) in [6.07, 6.45) is 0.701. The molecule has 2 nitrogen and oxygen atoms in total. The van der Waals surface area contributed by atoms with Gasteiger partial charge in [0.05, 0.1) is 6.61 Å². The van der Waals surface area contributed by atoms with Crippen molar-refractivity contribution in [3.05, 3.63) is 34.9 Å². The van der Waals surface area contributed by atoms with Crippen molar-refractivity contribution in [1.82, 2.24) is 0 Å². The monoisotopic (exact) mass is 248 g/mol. The molecule has 90 valence electrons. The highest BCUT2D eigenvalue weighted by atomic mass is 32.2. The largest absolute Gasteiger partial charge is 0.392 e. The fraction of sp³-hybridized carbons (Fsp3) is 0.357. The van der Waals surface area contributed by atoms with Gasteiger partial charge in [-0.1, -0.05) is 29.7 Å². The maximum Gasteiger partial charge on any atom is 0.185 e. The van der Waals surface area contributed by atoms with Gasteiger partial charge < -0.3 is 5.11 Å². The van der Waals surface area contributed by atoms with Gasteiger partial charge in [0.15, 0.2) is 5.12 Å². The van der Waals surface area contributed by atoms with E-state index in [0.717, 1.165) is 22.4 Å². The van der Waals surface area contributed by atoms with Crippen molar-refractivity contribution in [3.63, 3.8) is 0 Å². The molecule has 0 saturated heterocycles. The lowest BCUT2D eigenvalue weighted by Crippen LogP contribution is -1.89. The first kappa shape index (κ1) is 13.8. The number of thioether (sulfide) groups is 1. The van der Waals surface area contributed by atoms with E-state index in [2.05, 4.69) is 11.8 Å². The third-order valence-corrected chi connectivity index (χ3v) is 3.10. The van der Waals surface area contributed by atoms with E-state index in [-0.39, 0.29) is 11.7 Å². The second-order valence-corrected chi connectivity index (χ2v) is 4.96. The van der Waals surface area contributed by atoms with E-state index in [1.807, 2.05) is 25.1 Å². The molecule has 3 heteroatoms. The standard InChI is InChI=1S/C14H16O2S/c1-11-6-7-13(9-14(11)10-15)5-3-4-8-17-12(2)16/h6-7,9,15H,4,8,10H2,1-2H3. The molecule has 0 aliphatic carbocycles. The molecular weight excluding hydrogens is 232 g/mol. The second kappa shape index (κ2) is 7.16. The quantitative estimate of drug-likeness (QED) is 0.659. The summed E-state index contributed by atoms with van der Waals surface area (Å²) in [5, 5.41) is 9.25. The minimum absolute atomic E-state index is 0.0432. The van der Waals surface area contributed by atoms with Gasteiger partial charge in [-0.15, -0.1) is 0 Å². The lowest BCUT2D eigenvalue weighted by Gasteiger charge is -2.01. The number of aliphatic hydroxyl groups excluding tert-OH is 1. The Balaban J connectivity index is 2.57. The molecule has 0 amide bonds. The number of aryl methyl sites for hydroxylation is 1. The number of carbonyl (C=O) groups is 1. The molecule has 0 radical (unpaired) electrons. The average Bonchev–Trinajstić information content (AvgIpc) is 2.30. The van der Waals surface area contributed by atoms with Gasteiger partial charge in [0.2, 0.25) is 0 Å². The normalized spacial score (nSPS) is 9.59. The molecular formula is C14H16O2S. The fourth-order valence-corrected chi connectivity index (χ4v) is 1.82. The molecule has 1 rings (SSSR count). The van der Waals surface area contributed by atoms with Crippen LogP contribution in [0.5, 0.6) is 0 Å². The summed E-state index contributed by atoms with van der Waals surface area (Å²) in [5.41, 5.74) is 2.90. The molecule has 0 fully saturated rings. The van der Waals surface area contributed by atoms with Gasteiger partial charge in [-0.3, -0.25) is 4.79 Å². The summed E-state index contributed by atoms with van der Waals surface area (Å²) in [7, 11) is 0. The number of rotatable bonds is 3. The third-order valence-electron chi connectivity index (χ3n) is 2.28. The first-order chi connectivity index (χ1) is 8.13. The van der Waals surface area contributed by atoms with Gasteiger partial charge in [0.25, 0.3) is 0 Å². The number of aliphatic hydroxyl groups is 1. The predicted molar refractivity (Wildman–Crippen MR) is 71.7 cm³/mol. The van der Waals surface area contributed by atoms with E-state index in [9.17, 15) is 4.79 Å². The highest BCUT2D eigenvalue weighted by molar-refractivity contribution is 8.13. The van der Waals surface area contributed by atoms with Crippen LogP contribution in [0, 0.1) is 18.8 Å². The predicted octanol–water partition coefficient (Wildman–Crippen LogP) is 2.51. The maximum absolute atomic E-state index is 10.7. The van der Waals surface area contributed by atoms with E-state index >= 15 is 0 Å². The molecule has 1 aromatic carbocycles. The lowest BCUT2D eigenvalue weighted by molar-refractivity contribution is -0.109. The summed E-state index contributed by atoms with van der Waals surface area (Å²) >= 11 is 1.30. The number of hydrogen-bond donors (Lipinski definition) is 1. The van der Waals surface area contributed by atoms with Crippen molar-refractivity contribution in [1.29, 1.82) is 0 Å². The molecule has 0 unspecified atom stereocenters. The van der Waals surface area contributed by atoms with Crippen molar-refractivity contribution in [2.45, 2.75) is 26.9 Å². The van der Waals surface area contributed by atoms with Crippen LogP contribution in [-0.4, -0.2) is 16.0 Å². The zero-order valence-corrected chi connectivity index (χ0v) is 10.9. The number of benzene rings is 1. The summed E-state index contributed by atoms with van der Waals surface area (Å²) in [6.45, 7) is 3.57. The van der Waals surface area contributed by atoms with Crippen LogP contribution in [0.4, 0.5) is 0 Å². The summed E-state index contributed by atoms with van der Waals surface area (Å²) in [5.74, 6) is 6.79. The zero-order valence-electron chi connectivity index (χ0n) is 10.1. The number of hydrogen-bond acceptors (Lipinski definition) is 3. The Kier molecular flexibility index (Phi) is 5.82. The molecule has 0 heterocycles. The maximum atomic E-state index is 10.7. The molecule has 0 spiro atoms. The van der Waals surface area contributed by atoms with E-state index in [1.54, 1.807) is 6.92 Å². The Morgan fingerprint density at radius 1 is 1.47 bits per heavy atom. The average molecular weight is 248 g/mol. The molecule has 0 aliphatic rings. The summed E-state index contributed by atoms with van der Waals surface area (Å²) < 4.78 is 0. The molecule has 0 atom stereocenters. The highest BCUT2D eigenvalue weighted by Crippen LogP contribution is 2.10. The van der Waals surface area contributed by atoms with Gasteiger partial charge in [0, 0.05) is 24.7 Å². The van der Waals surface area contributed by atoms with Crippen molar-refractivity contribution in [2.75, 3.05) is 5.75 Å². The molecule has 1 N–H and O–H groups in total. The molecule has 0 bridgehead atoms. The smallest absolute Gasteiger partial charge is 0.185 e. The van der Waals surface area contributed by atoms with Crippen LogP contribution in [0.1, 0.15) is 30.0 Å². The topological polar surface area (TPSA) is 37.3 Å². The van der Waals surface area contributed by atoms with Crippen LogP contribution < -0.4 is 0 Å². The minimum atomic E-state index is 0.0432. The Morgan fingerprint density at radius 2 is 2.24 bits per heavy atom. The first-order valence-corrected chi connectivity index (χ1v) is 6.44. The van der Waals surface area contributed by atoms with Crippen molar-refractivity contribution >= 4 is 16.9 Å². The van der Waals surface area contributed by atoms with Gasteiger partial charge in [-0.2, -0.15) is 0 Å². The van der Waals surface area contributed by atoms with Gasteiger partial charge in [-0.25, -0.2) is 0 Å². The molecule has 17 heavy (non-hydrogen) atoms.